The van der Waals surface area contributed by atoms with E-state index in [-0.39, 0.29) is 11.3 Å². The highest BCUT2D eigenvalue weighted by Crippen LogP contribution is 2.37. The van der Waals surface area contributed by atoms with E-state index in [2.05, 4.69) is 5.32 Å². The maximum Gasteiger partial charge on any atom is 0.331 e. The molecule has 0 fully saturated rings. The fraction of sp³-hybridized carbons (Fsp3) is 0.250. The Morgan fingerprint density at radius 1 is 1.23 bits per heavy atom. The van der Waals surface area contributed by atoms with Gasteiger partial charge >= 0.3 is 5.97 Å². The molecular formula is C20H19N3O6S. The second-order valence-electron chi connectivity index (χ2n) is 6.58. The average molecular weight is 429 g/mol. The SMILES string of the molecule is NC(=O)c1c(NC(=O)COC(=O)/C=C/c2ccccc2[N+](=O)[O-])sc2c1CCCC2. The molecule has 0 radical (unpaired) electrons. The standard InChI is InChI=1S/C20H19N3O6S/c21-19(26)18-13-6-2-4-8-15(13)30-20(18)22-16(24)11-29-17(25)10-9-12-5-1-3-7-14(12)23(27)28/h1,3,5,7,9-10H,2,4,6,8,11H2,(H2,21,26)(H,22,24)/b10-9+. The lowest BCUT2D eigenvalue weighted by molar-refractivity contribution is -0.385. The fourth-order valence-corrected chi connectivity index (χ4v) is 4.53. The monoisotopic (exact) mass is 429 g/mol. The lowest BCUT2D eigenvalue weighted by atomic mass is 9.95. The topological polar surface area (TPSA) is 142 Å². The summed E-state index contributed by atoms with van der Waals surface area (Å²) in [6, 6.07) is 5.91. The Kier molecular flexibility index (Phi) is 6.58. The fourth-order valence-electron chi connectivity index (χ4n) is 3.21. The molecule has 1 aromatic heterocycles. The number of nitro benzene ring substituents is 1. The first-order valence-electron chi connectivity index (χ1n) is 9.19. The summed E-state index contributed by atoms with van der Waals surface area (Å²) in [6.45, 7) is -0.569. The van der Waals surface area contributed by atoms with Gasteiger partial charge in [0.05, 0.1) is 16.1 Å². The molecule has 10 heteroatoms. The molecule has 0 saturated heterocycles. The number of primary amides is 1. The molecule has 0 bridgehead atoms. The van der Waals surface area contributed by atoms with Gasteiger partial charge < -0.3 is 15.8 Å². The average Bonchev–Trinajstić information content (AvgIpc) is 3.08. The van der Waals surface area contributed by atoms with E-state index >= 15 is 0 Å². The van der Waals surface area contributed by atoms with Gasteiger partial charge in [-0.1, -0.05) is 12.1 Å². The number of hydrogen-bond donors (Lipinski definition) is 2. The summed E-state index contributed by atoms with van der Waals surface area (Å²) in [5.74, 6) is -2.04. The number of carbonyl (C=O) groups is 3. The predicted molar refractivity (Wildman–Crippen MR) is 111 cm³/mol. The summed E-state index contributed by atoms with van der Waals surface area (Å²) in [4.78, 5) is 47.3. The number of nitro groups is 1. The van der Waals surface area contributed by atoms with Crippen molar-refractivity contribution in [3.05, 3.63) is 62.0 Å². The van der Waals surface area contributed by atoms with Gasteiger partial charge in [0.15, 0.2) is 6.61 Å². The van der Waals surface area contributed by atoms with Crippen LogP contribution in [-0.4, -0.2) is 29.3 Å². The van der Waals surface area contributed by atoms with Crippen molar-refractivity contribution in [2.45, 2.75) is 25.7 Å². The molecule has 2 amide bonds. The Bertz CT molecular complexity index is 1040. The zero-order chi connectivity index (χ0) is 21.7. The van der Waals surface area contributed by atoms with Gasteiger partial charge in [-0.2, -0.15) is 0 Å². The molecule has 3 N–H and O–H groups in total. The number of aryl methyl sites for hydroxylation is 1. The minimum absolute atomic E-state index is 0.153. The molecule has 2 aromatic rings. The highest BCUT2D eigenvalue weighted by Gasteiger charge is 2.25. The lowest BCUT2D eigenvalue weighted by Gasteiger charge is -2.11. The zero-order valence-electron chi connectivity index (χ0n) is 15.9. The number of para-hydroxylation sites is 1. The number of esters is 1. The van der Waals surface area contributed by atoms with E-state index in [9.17, 15) is 24.5 Å². The molecule has 1 heterocycles. The smallest absolute Gasteiger partial charge is 0.331 e. The largest absolute Gasteiger partial charge is 0.452 e. The highest BCUT2D eigenvalue weighted by molar-refractivity contribution is 7.17. The van der Waals surface area contributed by atoms with E-state index in [1.54, 1.807) is 6.07 Å². The second-order valence-corrected chi connectivity index (χ2v) is 7.69. The minimum atomic E-state index is -0.830. The lowest BCUT2D eigenvalue weighted by Crippen LogP contribution is -2.22. The third kappa shape index (κ3) is 4.90. The molecule has 0 aliphatic heterocycles. The van der Waals surface area contributed by atoms with E-state index in [0.29, 0.717) is 10.6 Å². The zero-order valence-corrected chi connectivity index (χ0v) is 16.7. The van der Waals surface area contributed by atoms with Crippen LogP contribution in [-0.2, 0) is 27.2 Å². The molecule has 0 spiro atoms. The Morgan fingerprint density at radius 3 is 2.70 bits per heavy atom. The number of nitrogens with zero attached hydrogens (tertiary/aromatic N) is 1. The van der Waals surface area contributed by atoms with Crippen molar-refractivity contribution in [3.8, 4) is 0 Å². The minimum Gasteiger partial charge on any atom is -0.452 e. The van der Waals surface area contributed by atoms with Crippen molar-refractivity contribution in [1.29, 1.82) is 0 Å². The molecule has 156 valence electrons. The summed E-state index contributed by atoms with van der Waals surface area (Å²) < 4.78 is 4.88. The molecule has 0 saturated carbocycles. The Hall–Kier alpha value is -3.53. The number of hydrogen-bond acceptors (Lipinski definition) is 7. The molecule has 1 aliphatic carbocycles. The number of benzene rings is 1. The maximum atomic E-state index is 12.2. The van der Waals surface area contributed by atoms with Crippen LogP contribution in [0.1, 0.15) is 39.2 Å². The van der Waals surface area contributed by atoms with E-state index in [1.165, 1.54) is 35.6 Å². The van der Waals surface area contributed by atoms with Crippen molar-refractivity contribution in [2.75, 3.05) is 11.9 Å². The van der Waals surface area contributed by atoms with E-state index in [1.807, 2.05) is 0 Å². The van der Waals surface area contributed by atoms with Crippen LogP contribution in [0, 0.1) is 10.1 Å². The number of thiophene rings is 1. The molecular weight excluding hydrogens is 410 g/mol. The third-order valence-electron chi connectivity index (χ3n) is 4.55. The van der Waals surface area contributed by atoms with Crippen LogP contribution in [0.4, 0.5) is 10.7 Å². The molecule has 1 aliphatic rings. The predicted octanol–water partition coefficient (Wildman–Crippen LogP) is 2.83. The van der Waals surface area contributed by atoms with E-state index in [4.69, 9.17) is 10.5 Å². The summed E-state index contributed by atoms with van der Waals surface area (Å²) >= 11 is 1.31. The van der Waals surface area contributed by atoms with Crippen LogP contribution < -0.4 is 11.1 Å². The van der Waals surface area contributed by atoms with Crippen LogP contribution >= 0.6 is 11.3 Å². The van der Waals surface area contributed by atoms with Crippen LogP contribution in [0.25, 0.3) is 6.08 Å². The molecule has 0 atom stereocenters. The summed E-state index contributed by atoms with van der Waals surface area (Å²) in [5.41, 5.74) is 6.78. The molecule has 9 nitrogen and oxygen atoms in total. The van der Waals surface area contributed by atoms with E-state index in [0.717, 1.165) is 42.2 Å². The van der Waals surface area contributed by atoms with Crippen LogP contribution in [0.2, 0.25) is 0 Å². The third-order valence-corrected chi connectivity index (χ3v) is 5.76. The first kappa shape index (κ1) is 21.2. The van der Waals surface area contributed by atoms with Gasteiger partial charge in [-0.05, 0) is 43.4 Å². The van der Waals surface area contributed by atoms with Gasteiger partial charge in [-0.15, -0.1) is 11.3 Å². The van der Waals surface area contributed by atoms with Crippen molar-refractivity contribution >= 4 is 45.9 Å². The number of fused-ring (bicyclic) bond motifs is 1. The Morgan fingerprint density at radius 2 is 1.97 bits per heavy atom. The summed E-state index contributed by atoms with van der Waals surface area (Å²) in [6.07, 6.45) is 5.81. The van der Waals surface area contributed by atoms with Crippen molar-refractivity contribution in [1.82, 2.24) is 0 Å². The van der Waals surface area contributed by atoms with Gasteiger partial charge in [0.25, 0.3) is 17.5 Å². The number of amides is 2. The van der Waals surface area contributed by atoms with Gasteiger partial charge in [0, 0.05) is 17.0 Å². The summed E-state index contributed by atoms with van der Waals surface area (Å²) in [5, 5.41) is 13.9. The number of carbonyl (C=O) groups excluding carboxylic acids is 3. The Balaban J connectivity index is 1.60. The van der Waals surface area contributed by atoms with Gasteiger partial charge in [-0.25, -0.2) is 4.79 Å². The van der Waals surface area contributed by atoms with Gasteiger partial charge in [-0.3, -0.25) is 19.7 Å². The Labute approximate surface area is 175 Å². The molecule has 30 heavy (non-hydrogen) atoms. The number of rotatable bonds is 7. The molecule has 3 rings (SSSR count). The van der Waals surface area contributed by atoms with Crippen molar-refractivity contribution in [3.63, 3.8) is 0 Å². The van der Waals surface area contributed by atoms with Gasteiger partial charge in [0.2, 0.25) is 0 Å². The van der Waals surface area contributed by atoms with Crippen molar-refractivity contribution < 1.29 is 24.0 Å². The molecule has 1 aromatic carbocycles. The number of anilines is 1. The van der Waals surface area contributed by atoms with Crippen molar-refractivity contribution in [2.24, 2.45) is 5.73 Å². The quantitative estimate of drug-likeness (QED) is 0.300. The summed E-state index contributed by atoms with van der Waals surface area (Å²) in [7, 11) is 0. The number of ether oxygens (including phenoxy) is 1. The van der Waals surface area contributed by atoms with Crippen LogP contribution in [0.15, 0.2) is 30.3 Å². The molecule has 0 unspecified atom stereocenters. The normalized spacial score (nSPS) is 12.9. The van der Waals surface area contributed by atoms with Crippen LogP contribution in [0.5, 0.6) is 0 Å². The van der Waals surface area contributed by atoms with Crippen LogP contribution in [0.3, 0.4) is 0 Å². The highest BCUT2D eigenvalue weighted by atomic mass is 32.1. The number of nitrogens with one attached hydrogen (secondary N) is 1. The maximum absolute atomic E-state index is 12.2. The second kappa shape index (κ2) is 9.31. The number of nitrogens with two attached hydrogens (primary N) is 1. The first-order valence-corrected chi connectivity index (χ1v) is 10.0. The van der Waals surface area contributed by atoms with E-state index < -0.39 is 29.3 Å². The van der Waals surface area contributed by atoms with Gasteiger partial charge in [0.1, 0.15) is 5.00 Å². The first-order chi connectivity index (χ1) is 14.4.